The van der Waals surface area contributed by atoms with Crippen molar-refractivity contribution in [1.29, 1.82) is 0 Å². The molecule has 0 bridgehead atoms. The number of hydrogen-bond donors (Lipinski definition) is 2. The van der Waals surface area contributed by atoms with Crippen LogP contribution in [-0.2, 0) is 0 Å². The highest BCUT2D eigenvalue weighted by atomic mass is 14.9. The molecule has 1 aliphatic rings. The fourth-order valence-corrected chi connectivity index (χ4v) is 2.10. The summed E-state index contributed by atoms with van der Waals surface area (Å²) < 4.78 is 0. The Kier molecular flexibility index (Phi) is 3.43. The minimum Gasteiger partial charge on any atom is -0.384 e. The lowest BCUT2D eigenvalue weighted by atomic mass is 10.00. The van der Waals surface area contributed by atoms with Crippen LogP contribution < -0.4 is 11.1 Å². The Bertz CT molecular complexity index is 392. The van der Waals surface area contributed by atoms with Crippen molar-refractivity contribution in [2.75, 3.05) is 18.4 Å². The molecule has 94 valence electrons. The van der Waals surface area contributed by atoms with E-state index in [-0.39, 0.29) is 0 Å². The third-order valence-corrected chi connectivity index (χ3v) is 3.97. The number of anilines is 1. The van der Waals surface area contributed by atoms with Gasteiger partial charge in [-0.1, -0.05) is 26.0 Å². The van der Waals surface area contributed by atoms with Gasteiger partial charge in [0.1, 0.15) is 0 Å². The molecule has 0 spiro atoms. The second-order valence-corrected chi connectivity index (χ2v) is 5.79. The number of rotatable bonds is 5. The lowest BCUT2D eigenvalue weighted by molar-refractivity contribution is 0.555. The summed E-state index contributed by atoms with van der Waals surface area (Å²) in [6.07, 6.45) is 2.55. The van der Waals surface area contributed by atoms with Crippen molar-refractivity contribution in [3.63, 3.8) is 0 Å². The van der Waals surface area contributed by atoms with Crippen LogP contribution in [0, 0.1) is 12.3 Å². The van der Waals surface area contributed by atoms with Gasteiger partial charge >= 0.3 is 0 Å². The third kappa shape index (κ3) is 2.81. The zero-order valence-corrected chi connectivity index (χ0v) is 11.2. The van der Waals surface area contributed by atoms with Gasteiger partial charge in [-0.25, -0.2) is 0 Å². The van der Waals surface area contributed by atoms with E-state index in [1.54, 1.807) is 0 Å². The minimum absolute atomic E-state index is 0.389. The number of hydrogen-bond acceptors (Lipinski definition) is 2. The van der Waals surface area contributed by atoms with Crippen molar-refractivity contribution in [3.8, 4) is 0 Å². The van der Waals surface area contributed by atoms with E-state index in [1.807, 2.05) is 0 Å². The van der Waals surface area contributed by atoms with Gasteiger partial charge in [0.15, 0.2) is 0 Å². The average molecular weight is 232 g/mol. The van der Waals surface area contributed by atoms with Gasteiger partial charge in [0.05, 0.1) is 0 Å². The van der Waals surface area contributed by atoms with Crippen molar-refractivity contribution in [2.45, 2.75) is 39.5 Å². The summed E-state index contributed by atoms with van der Waals surface area (Å²) in [4.78, 5) is 0. The predicted molar refractivity (Wildman–Crippen MR) is 74.5 cm³/mol. The Labute approximate surface area is 105 Å². The van der Waals surface area contributed by atoms with E-state index in [9.17, 15) is 0 Å². The first-order valence-corrected chi connectivity index (χ1v) is 6.61. The topological polar surface area (TPSA) is 38.0 Å². The zero-order valence-electron chi connectivity index (χ0n) is 11.2. The molecule has 0 aromatic heterocycles. The van der Waals surface area contributed by atoms with Gasteiger partial charge in [0.2, 0.25) is 0 Å². The maximum Gasteiger partial charge on any atom is 0.0372 e. The molecule has 0 aliphatic heterocycles. The summed E-state index contributed by atoms with van der Waals surface area (Å²) in [5, 5.41) is 3.58. The first-order chi connectivity index (χ1) is 8.06. The van der Waals surface area contributed by atoms with Crippen LogP contribution >= 0.6 is 0 Å². The first kappa shape index (κ1) is 12.4. The van der Waals surface area contributed by atoms with E-state index in [0.717, 1.165) is 13.1 Å². The van der Waals surface area contributed by atoms with Crippen LogP contribution in [0.25, 0.3) is 0 Å². The number of aryl methyl sites for hydroxylation is 1. The van der Waals surface area contributed by atoms with E-state index in [1.165, 1.54) is 29.7 Å². The smallest absolute Gasteiger partial charge is 0.0372 e. The monoisotopic (exact) mass is 232 g/mol. The van der Waals surface area contributed by atoms with Gasteiger partial charge in [-0.3, -0.25) is 0 Å². The molecule has 1 fully saturated rings. The normalized spacial score (nSPS) is 17.2. The highest BCUT2D eigenvalue weighted by Gasteiger charge is 2.40. The molecule has 0 unspecified atom stereocenters. The summed E-state index contributed by atoms with van der Waals surface area (Å²) >= 11 is 0. The molecular weight excluding hydrogens is 208 g/mol. The molecule has 2 rings (SSSR count). The molecule has 2 heteroatoms. The molecule has 17 heavy (non-hydrogen) atoms. The van der Waals surface area contributed by atoms with Crippen molar-refractivity contribution in [2.24, 2.45) is 11.1 Å². The zero-order chi connectivity index (χ0) is 12.5. The minimum atomic E-state index is 0.389. The van der Waals surface area contributed by atoms with E-state index in [2.05, 4.69) is 44.3 Å². The second-order valence-electron chi connectivity index (χ2n) is 5.79. The molecule has 1 aromatic rings. The van der Waals surface area contributed by atoms with E-state index in [0.29, 0.717) is 11.3 Å². The van der Waals surface area contributed by atoms with Crippen LogP contribution in [0.1, 0.15) is 43.7 Å². The molecule has 1 saturated carbocycles. The Balaban J connectivity index is 2.06. The highest BCUT2D eigenvalue weighted by molar-refractivity contribution is 5.53. The number of nitrogens with two attached hydrogens (primary N) is 1. The van der Waals surface area contributed by atoms with Crippen LogP contribution in [0.15, 0.2) is 18.2 Å². The van der Waals surface area contributed by atoms with Gasteiger partial charge in [0.25, 0.3) is 0 Å². The van der Waals surface area contributed by atoms with E-state index in [4.69, 9.17) is 5.73 Å². The Morgan fingerprint density at radius 3 is 2.59 bits per heavy atom. The summed E-state index contributed by atoms with van der Waals surface area (Å²) in [6.45, 7) is 8.46. The molecule has 0 atom stereocenters. The van der Waals surface area contributed by atoms with Gasteiger partial charge in [-0.05, 0) is 54.8 Å². The second kappa shape index (κ2) is 4.69. The van der Waals surface area contributed by atoms with Gasteiger partial charge in [-0.2, -0.15) is 0 Å². The summed E-state index contributed by atoms with van der Waals surface area (Å²) in [7, 11) is 0. The molecule has 1 aliphatic carbocycles. The molecule has 1 aromatic carbocycles. The lowest BCUT2D eigenvalue weighted by Gasteiger charge is -2.17. The first-order valence-electron chi connectivity index (χ1n) is 6.61. The largest absolute Gasteiger partial charge is 0.384 e. The Hall–Kier alpha value is -1.02. The van der Waals surface area contributed by atoms with Gasteiger partial charge in [0, 0.05) is 12.2 Å². The standard InChI is InChI=1S/C15H24N2/c1-11(2)13-5-4-12(3)14(8-13)17-10-15(9-16)6-7-15/h4-5,8,11,17H,6-7,9-10,16H2,1-3H3. The fourth-order valence-electron chi connectivity index (χ4n) is 2.10. The molecule has 0 heterocycles. The van der Waals surface area contributed by atoms with Crippen molar-refractivity contribution >= 4 is 5.69 Å². The third-order valence-electron chi connectivity index (χ3n) is 3.97. The van der Waals surface area contributed by atoms with Crippen molar-refractivity contribution in [1.82, 2.24) is 0 Å². The van der Waals surface area contributed by atoms with Crippen LogP contribution in [0.3, 0.4) is 0 Å². The average Bonchev–Trinajstić information content (AvgIpc) is 3.08. The molecule has 2 nitrogen and oxygen atoms in total. The Morgan fingerprint density at radius 2 is 2.06 bits per heavy atom. The molecular formula is C15H24N2. The maximum atomic E-state index is 5.81. The SMILES string of the molecule is Cc1ccc(C(C)C)cc1NCC1(CN)CC1. The molecule has 3 N–H and O–H groups in total. The summed E-state index contributed by atoms with van der Waals surface area (Å²) in [5.74, 6) is 0.584. The van der Waals surface area contributed by atoms with Crippen LogP contribution in [0.4, 0.5) is 5.69 Å². The summed E-state index contributed by atoms with van der Waals surface area (Å²) in [5.41, 5.74) is 10.2. The number of benzene rings is 1. The number of nitrogens with one attached hydrogen (secondary N) is 1. The van der Waals surface area contributed by atoms with Crippen LogP contribution in [0.2, 0.25) is 0 Å². The maximum absolute atomic E-state index is 5.81. The van der Waals surface area contributed by atoms with Crippen molar-refractivity contribution in [3.05, 3.63) is 29.3 Å². The summed E-state index contributed by atoms with van der Waals surface area (Å²) in [6, 6.07) is 6.72. The van der Waals surface area contributed by atoms with Crippen LogP contribution in [-0.4, -0.2) is 13.1 Å². The molecule has 0 amide bonds. The van der Waals surface area contributed by atoms with Crippen LogP contribution in [0.5, 0.6) is 0 Å². The molecule has 0 radical (unpaired) electrons. The molecule has 0 saturated heterocycles. The predicted octanol–water partition coefficient (Wildman–Crippen LogP) is 3.27. The van der Waals surface area contributed by atoms with Gasteiger partial charge < -0.3 is 11.1 Å². The highest BCUT2D eigenvalue weighted by Crippen LogP contribution is 2.44. The Morgan fingerprint density at radius 1 is 1.35 bits per heavy atom. The van der Waals surface area contributed by atoms with E-state index >= 15 is 0 Å². The van der Waals surface area contributed by atoms with Gasteiger partial charge in [-0.15, -0.1) is 0 Å². The fraction of sp³-hybridized carbons (Fsp3) is 0.600. The quantitative estimate of drug-likeness (QED) is 0.817. The lowest BCUT2D eigenvalue weighted by Crippen LogP contribution is -2.24. The van der Waals surface area contributed by atoms with E-state index < -0.39 is 0 Å². The van der Waals surface area contributed by atoms with Crippen molar-refractivity contribution < 1.29 is 0 Å².